The molecule has 4 aromatic rings. The first-order chi connectivity index (χ1) is 17.9. The van der Waals surface area contributed by atoms with Gasteiger partial charge in [-0.2, -0.15) is 0 Å². The van der Waals surface area contributed by atoms with Crippen LogP contribution >= 0.6 is 0 Å². The molecule has 0 atom stereocenters. The van der Waals surface area contributed by atoms with E-state index >= 15 is 0 Å². The number of nitrogens with one attached hydrogen (secondary N) is 2. The number of fused-ring (bicyclic) bond motifs is 1. The third-order valence-electron chi connectivity index (χ3n) is 5.62. The van der Waals surface area contributed by atoms with Crippen molar-refractivity contribution in [2.75, 3.05) is 25.0 Å². The highest BCUT2D eigenvalue weighted by Crippen LogP contribution is 2.24. The summed E-state index contributed by atoms with van der Waals surface area (Å²) < 4.78 is 33.1. The smallest absolute Gasteiger partial charge is 0.289 e. The number of aryl methyl sites for hydroxylation is 1. The summed E-state index contributed by atoms with van der Waals surface area (Å²) in [6.45, 7) is 1.10. The fourth-order valence-corrected chi connectivity index (χ4v) is 5.04. The molecule has 0 spiro atoms. The van der Waals surface area contributed by atoms with Gasteiger partial charge in [-0.15, -0.1) is 0 Å². The Hall–Kier alpha value is -4.09. The van der Waals surface area contributed by atoms with Crippen molar-refractivity contribution in [2.45, 2.75) is 24.2 Å². The molecule has 192 valence electrons. The van der Waals surface area contributed by atoms with Crippen LogP contribution in [-0.4, -0.2) is 43.0 Å². The molecule has 1 aromatic heterocycles. The van der Waals surface area contributed by atoms with Crippen LogP contribution in [0, 0.1) is 10.1 Å². The van der Waals surface area contributed by atoms with Crippen molar-refractivity contribution in [1.29, 1.82) is 0 Å². The molecule has 11 heteroatoms. The Morgan fingerprint density at radius 3 is 2.51 bits per heavy atom. The van der Waals surface area contributed by atoms with Crippen LogP contribution in [0.5, 0.6) is 5.75 Å². The molecular weight excluding hydrogens is 494 g/mol. The molecule has 37 heavy (non-hydrogen) atoms. The number of ether oxygens (including phenoxy) is 1. The van der Waals surface area contributed by atoms with Crippen molar-refractivity contribution < 1.29 is 18.1 Å². The van der Waals surface area contributed by atoms with E-state index in [9.17, 15) is 18.5 Å². The van der Waals surface area contributed by atoms with Crippen LogP contribution in [-0.2, 0) is 16.4 Å². The van der Waals surface area contributed by atoms with Gasteiger partial charge >= 0.3 is 0 Å². The summed E-state index contributed by atoms with van der Waals surface area (Å²) in [7, 11) is -4.01. The number of hydrogen-bond acceptors (Lipinski definition) is 8. The second-order valence-electron chi connectivity index (χ2n) is 8.24. The van der Waals surface area contributed by atoms with Crippen molar-refractivity contribution in [1.82, 2.24) is 14.7 Å². The van der Waals surface area contributed by atoms with Gasteiger partial charge in [0.15, 0.2) is 4.90 Å². The third-order valence-corrected chi connectivity index (χ3v) is 7.13. The van der Waals surface area contributed by atoms with E-state index in [1.807, 2.05) is 36.4 Å². The molecule has 0 saturated heterocycles. The largest absolute Gasteiger partial charge is 0.493 e. The SMILES string of the molecule is O=[N+]([O-])c1ccccc1S(=O)(=O)NCCCOc1ccc2c(NCCCc3ccccc3)ncnc2c1. The number of nitro benzene ring substituents is 1. The van der Waals surface area contributed by atoms with Crippen molar-refractivity contribution >= 4 is 32.4 Å². The first-order valence-electron chi connectivity index (χ1n) is 11.8. The van der Waals surface area contributed by atoms with Gasteiger partial charge in [0.2, 0.25) is 10.0 Å². The first kappa shape index (κ1) is 26.0. The van der Waals surface area contributed by atoms with Gasteiger partial charge in [-0.1, -0.05) is 42.5 Å². The molecule has 0 aliphatic rings. The van der Waals surface area contributed by atoms with E-state index in [0.29, 0.717) is 12.2 Å². The van der Waals surface area contributed by atoms with Crippen LogP contribution in [0.3, 0.4) is 0 Å². The van der Waals surface area contributed by atoms with Gasteiger partial charge in [0.25, 0.3) is 5.69 Å². The number of rotatable bonds is 13. The van der Waals surface area contributed by atoms with Crippen LogP contribution in [0.2, 0.25) is 0 Å². The fourth-order valence-electron chi connectivity index (χ4n) is 3.79. The van der Waals surface area contributed by atoms with E-state index in [2.05, 4.69) is 32.1 Å². The van der Waals surface area contributed by atoms with Gasteiger partial charge < -0.3 is 10.1 Å². The molecule has 0 amide bonds. The molecule has 1 heterocycles. The number of benzene rings is 3. The lowest BCUT2D eigenvalue weighted by Gasteiger charge is -2.11. The predicted molar refractivity (Wildman–Crippen MR) is 141 cm³/mol. The summed E-state index contributed by atoms with van der Waals surface area (Å²) >= 11 is 0. The number of para-hydroxylation sites is 1. The number of nitro groups is 1. The topological polar surface area (TPSA) is 136 Å². The highest BCUT2D eigenvalue weighted by atomic mass is 32.2. The summed E-state index contributed by atoms with van der Waals surface area (Å²) in [4.78, 5) is 18.7. The van der Waals surface area contributed by atoms with Gasteiger partial charge in [-0.05, 0) is 43.0 Å². The standard InChI is InChI=1S/C26H27N5O5S/c32-31(33)24-11-4-5-12-25(24)37(34,35)30-16-7-17-36-21-13-14-22-23(18-21)28-19-29-26(22)27-15-6-10-20-8-2-1-3-9-20/h1-5,8-9,11-14,18-19,30H,6-7,10,15-17H2,(H,27,28,29). The van der Waals surface area contributed by atoms with Crippen LogP contribution in [0.15, 0.2) is 84.0 Å². The zero-order valence-corrected chi connectivity index (χ0v) is 20.9. The first-order valence-corrected chi connectivity index (χ1v) is 13.3. The van der Waals surface area contributed by atoms with Crippen molar-refractivity contribution in [3.8, 4) is 5.75 Å². The highest BCUT2D eigenvalue weighted by molar-refractivity contribution is 7.89. The lowest BCUT2D eigenvalue weighted by molar-refractivity contribution is -0.387. The molecule has 0 unspecified atom stereocenters. The van der Waals surface area contributed by atoms with Crippen molar-refractivity contribution in [3.05, 3.63) is 94.8 Å². The van der Waals surface area contributed by atoms with Gasteiger partial charge in [-0.3, -0.25) is 10.1 Å². The lowest BCUT2D eigenvalue weighted by Crippen LogP contribution is -2.26. The van der Waals surface area contributed by atoms with E-state index in [1.165, 1.54) is 30.1 Å². The van der Waals surface area contributed by atoms with Crippen molar-refractivity contribution in [2.24, 2.45) is 0 Å². The summed E-state index contributed by atoms with van der Waals surface area (Å²) in [5, 5.41) is 15.4. The summed E-state index contributed by atoms with van der Waals surface area (Å²) in [6, 6.07) is 21.1. The zero-order valence-electron chi connectivity index (χ0n) is 20.0. The third kappa shape index (κ3) is 6.99. The van der Waals surface area contributed by atoms with Crippen LogP contribution in [0.25, 0.3) is 10.9 Å². The van der Waals surface area contributed by atoms with Gasteiger partial charge in [-0.25, -0.2) is 23.1 Å². The minimum atomic E-state index is -4.01. The van der Waals surface area contributed by atoms with E-state index in [-0.39, 0.29) is 18.0 Å². The van der Waals surface area contributed by atoms with Gasteiger partial charge in [0.05, 0.1) is 17.0 Å². The minimum Gasteiger partial charge on any atom is -0.493 e. The van der Waals surface area contributed by atoms with Gasteiger partial charge in [0.1, 0.15) is 17.9 Å². The lowest BCUT2D eigenvalue weighted by atomic mass is 10.1. The number of sulfonamides is 1. The van der Waals surface area contributed by atoms with E-state index < -0.39 is 20.6 Å². The average Bonchev–Trinajstić information content (AvgIpc) is 2.91. The van der Waals surface area contributed by atoms with E-state index in [4.69, 9.17) is 4.74 Å². The monoisotopic (exact) mass is 521 g/mol. The number of aromatic nitrogens is 2. The second kappa shape index (κ2) is 12.2. The van der Waals surface area contributed by atoms with Crippen LogP contribution in [0.4, 0.5) is 11.5 Å². The second-order valence-corrected chi connectivity index (χ2v) is 9.98. The Balaban J connectivity index is 1.26. The molecule has 3 aromatic carbocycles. The molecule has 2 N–H and O–H groups in total. The molecule has 0 fully saturated rings. The van der Waals surface area contributed by atoms with Crippen LogP contribution < -0.4 is 14.8 Å². The quantitative estimate of drug-likeness (QED) is 0.151. The van der Waals surface area contributed by atoms with Gasteiger partial charge in [0, 0.05) is 30.6 Å². The maximum atomic E-state index is 12.5. The summed E-state index contributed by atoms with van der Waals surface area (Å²) in [6.07, 6.45) is 3.82. The summed E-state index contributed by atoms with van der Waals surface area (Å²) in [5.74, 6) is 1.36. The molecule has 0 radical (unpaired) electrons. The Labute approximate surface area is 214 Å². The normalized spacial score (nSPS) is 11.4. The van der Waals surface area contributed by atoms with E-state index in [0.717, 1.165) is 42.2 Å². The maximum Gasteiger partial charge on any atom is 0.289 e. The number of nitrogens with zero attached hydrogens (tertiary/aromatic N) is 3. The molecule has 0 aliphatic carbocycles. The molecule has 10 nitrogen and oxygen atoms in total. The Morgan fingerprint density at radius 1 is 0.919 bits per heavy atom. The fraction of sp³-hybridized carbons (Fsp3) is 0.231. The number of hydrogen-bond donors (Lipinski definition) is 2. The molecular formula is C26H27N5O5S. The Kier molecular flexibility index (Phi) is 8.60. The van der Waals surface area contributed by atoms with Crippen molar-refractivity contribution in [3.63, 3.8) is 0 Å². The maximum absolute atomic E-state index is 12.5. The molecule has 0 bridgehead atoms. The van der Waals surface area contributed by atoms with E-state index in [1.54, 1.807) is 0 Å². The summed E-state index contributed by atoms with van der Waals surface area (Å²) in [5.41, 5.74) is 1.57. The predicted octanol–water partition coefficient (Wildman–Crippen LogP) is 4.33. The Bertz CT molecular complexity index is 1460. The molecule has 0 saturated carbocycles. The Morgan fingerprint density at radius 2 is 1.70 bits per heavy atom. The number of anilines is 1. The zero-order chi connectivity index (χ0) is 26.1. The highest BCUT2D eigenvalue weighted by Gasteiger charge is 2.24. The molecule has 4 rings (SSSR count). The minimum absolute atomic E-state index is 0.0706. The molecule has 0 aliphatic heterocycles. The average molecular weight is 522 g/mol. The van der Waals surface area contributed by atoms with Crippen LogP contribution in [0.1, 0.15) is 18.4 Å².